The molecule has 0 amide bonds. The monoisotopic (exact) mass is 285 g/mol. The average molecular weight is 286 g/mol. The van der Waals surface area contributed by atoms with Gasteiger partial charge in [-0.2, -0.15) is 5.10 Å². The molecule has 0 aliphatic heterocycles. The van der Waals surface area contributed by atoms with Crippen molar-refractivity contribution >= 4 is 15.9 Å². The number of aromatic nitrogens is 2. The molecule has 1 heterocycles. The summed E-state index contributed by atoms with van der Waals surface area (Å²) in [5, 5.41) is 4.44. The molecular formula is C12H20BrN3. The van der Waals surface area contributed by atoms with Crippen molar-refractivity contribution in [1.82, 2.24) is 9.78 Å². The number of hydrogen-bond donors (Lipinski definition) is 1. The highest BCUT2D eigenvalue weighted by Gasteiger charge is 2.28. The summed E-state index contributed by atoms with van der Waals surface area (Å²) >= 11 is 3.61. The SMILES string of the molecule is CC(C)n1ncc(Br)c1C1CCCCC1N. The van der Waals surface area contributed by atoms with E-state index in [1.807, 2.05) is 6.20 Å². The van der Waals surface area contributed by atoms with Crippen molar-refractivity contribution in [3.8, 4) is 0 Å². The number of nitrogens with zero attached hydrogens (tertiary/aromatic N) is 2. The molecule has 1 aromatic rings. The molecule has 4 heteroatoms. The summed E-state index contributed by atoms with van der Waals surface area (Å²) in [6, 6.07) is 0.690. The second kappa shape index (κ2) is 4.88. The fourth-order valence-electron chi connectivity index (χ4n) is 2.61. The van der Waals surface area contributed by atoms with E-state index < -0.39 is 0 Å². The predicted molar refractivity (Wildman–Crippen MR) is 69.5 cm³/mol. The number of nitrogens with two attached hydrogens (primary N) is 1. The molecule has 1 saturated carbocycles. The first-order valence-electron chi connectivity index (χ1n) is 6.09. The molecule has 0 radical (unpaired) electrons. The molecule has 1 aliphatic carbocycles. The molecule has 16 heavy (non-hydrogen) atoms. The van der Waals surface area contributed by atoms with E-state index in [-0.39, 0.29) is 0 Å². The lowest BCUT2D eigenvalue weighted by Crippen LogP contribution is -2.33. The van der Waals surface area contributed by atoms with Gasteiger partial charge in [0.05, 0.1) is 16.4 Å². The second-order valence-electron chi connectivity index (χ2n) is 4.97. The Bertz CT molecular complexity index is 359. The Labute approximate surface area is 106 Å². The van der Waals surface area contributed by atoms with E-state index in [0.717, 1.165) is 10.9 Å². The van der Waals surface area contributed by atoms with Crippen LogP contribution in [0.2, 0.25) is 0 Å². The Morgan fingerprint density at radius 1 is 1.44 bits per heavy atom. The van der Waals surface area contributed by atoms with Crippen LogP contribution >= 0.6 is 15.9 Å². The Balaban J connectivity index is 2.33. The molecule has 2 rings (SSSR count). The molecule has 0 bridgehead atoms. The topological polar surface area (TPSA) is 43.8 Å². The van der Waals surface area contributed by atoms with Crippen LogP contribution in [-0.2, 0) is 0 Å². The van der Waals surface area contributed by atoms with Gasteiger partial charge in [0, 0.05) is 18.0 Å². The third kappa shape index (κ3) is 2.18. The standard InChI is InChI=1S/C12H20BrN3/c1-8(2)16-12(10(13)7-15-16)9-5-3-4-6-11(9)14/h7-9,11H,3-6,14H2,1-2H3. The lowest BCUT2D eigenvalue weighted by Gasteiger charge is -2.30. The quantitative estimate of drug-likeness (QED) is 0.907. The maximum Gasteiger partial charge on any atom is 0.0635 e. The third-order valence-electron chi connectivity index (χ3n) is 3.45. The minimum atomic E-state index is 0.291. The van der Waals surface area contributed by atoms with Gasteiger partial charge in [0.15, 0.2) is 0 Å². The fraction of sp³-hybridized carbons (Fsp3) is 0.750. The van der Waals surface area contributed by atoms with E-state index in [1.54, 1.807) is 0 Å². The highest BCUT2D eigenvalue weighted by molar-refractivity contribution is 9.10. The van der Waals surface area contributed by atoms with Gasteiger partial charge in [-0.3, -0.25) is 4.68 Å². The normalized spacial score (nSPS) is 26.3. The highest BCUT2D eigenvalue weighted by Crippen LogP contribution is 2.36. The Morgan fingerprint density at radius 3 is 2.75 bits per heavy atom. The molecule has 0 aromatic carbocycles. The summed E-state index contributed by atoms with van der Waals surface area (Å²) in [6.45, 7) is 4.33. The first kappa shape index (κ1) is 12.1. The molecule has 0 saturated heterocycles. The van der Waals surface area contributed by atoms with Gasteiger partial charge < -0.3 is 5.73 Å². The molecule has 1 aliphatic rings. The lowest BCUT2D eigenvalue weighted by atomic mass is 9.83. The van der Waals surface area contributed by atoms with Crippen LogP contribution in [0.3, 0.4) is 0 Å². The van der Waals surface area contributed by atoms with Crippen LogP contribution in [0.15, 0.2) is 10.7 Å². The Morgan fingerprint density at radius 2 is 2.12 bits per heavy atom. The molecule has 2 unspecified atom stereocenters. The molecule has 0 spiro atoms. The zero-order chi connectivity index (χ0) is 11.7. The number of hydrogen-bond acceptors (Lipinski definition) is 2. The summed E-state index contributed by atoms with van der Waals surface area (Å²) < 4.78 is 3.23. The van der Waals surface area contributed by atoms with Crippen LogP contribution in [0.4, 0.5) is 0 Å². The van der Waals surface area contributed by atoms with Crippen LogP contribution in [0.25, 0.3) is 0 Å². The van der Waals surface area contributed by atoms with E-state index >= 15 is 0 Å². The van der Waals surface area contributed by atoms with Crippen molar-refractivity contribution in [2.24, 2.45) is 5.73 Å². The molecule has 1 aromatic heterocycles. The van der Waals surface area contributed by atoms with Crippen molar-refractivity contribution in [2.45, 2.75) is 57.5 Å². The molecular weight excluding hydrogens is 266 g/mol. The Kier molecular flexibility index (Phi) is 3.70. The molecule has 2 atom stereocenters. The van der Waals surface area contributed by atoms with E-state index in [1.165, 1.54) is 25.0 Å². The predicted octanol–water partition coefficient (Wildman–Crippen LogP) is 3.21. The summed E-state index contributed by atoms with van der Waals surface area (Å²) in [5.41, 5.74) is 7.54. The smallest absolute Gasteiger partial charge is 0.0635 e. The van der Waals surface area contributed by atoms with Gasteiger partial charge in [-0.25, -0.2) is 0 Å². The Hall–Kier alpha value is -0.350. The van der Waals surface area contributed by atoms with E-state index in [0.29, 0.717) is 18.0 Å². The van der Waals surface area contributed by atoms with Crippen LogP contribution in [0.1, 0.15) is 57.2 Å². The van der Waals surface area contributed by atoms with E-state index in [4.69, 9.17) is 5.73 Å². The highest BCUT2D eigenvalue weighted by atomic mass is 79.9. The number of rotatable bonds is 2. The summed E-state index contributed by atoms with van der Waals surface area (Å²) in [4.78, 5) is 0. The van der Waals surface area contributed by atoms with Crippen LogP contribution in [0.5, 0.6) is 0 Å². The van der Waals surface area contributed by atoms with Gasteiger partial charge in [-0.1, -0.05) is 12.8 Å². The lowest BCUT2D eigenvalue weighted by molar-refractivity contribution is 0.356. The maximum atomic E-state index is 6.25. The largest absolute Gasteiger partial charge is 0.327 e. The van der Waals surface area contributed by atoms with Crippen molar-refractivity contribution in [2.75, 3.05) is 0 Å². The van der Waals surface area contributed by atoms with E-state index in [9.17, 15) is 0 Å². The molecule has 90 valence electrons. The summed E-state index contributed by atoms with van der Waals surface area (Å²) in [7, 11) is 0. The van der Waals surface area contributed by atoms with Crippen LogP contribution in [-0.4, -0.2) is 15.8 Å². The minimum Gasteiger partial charge on any atom is -0.327 e. The van der Waals surface area contributed by atoms with Crippen LogP contribution < -0.4 is 5.73 Å². The zero-order valence-electron chi connectivity index (χ0n) is 9.99. The van der Waals surface area contributed by atoms with Crippen molar-refractivity contribution in [3.63, 3.8) is 0 Å². The van der Waals surface area contributed by atoms with Gasteiger partial charge in [-0.05, 0) is 42.6 Å². The van der Waals surface area contributed by atoms with Gasteiger partial charge in [0.25, 0.3) is 0 Å². The minimum absolute atomic E-state index is 0.291. The van der Waals surface area contributed by atoms with E-state index in [2.05, 4.69) is 39.6 Å². The summed E-state index contributed by atoms with van der Waals surface area (Å²) in [6.07, 6.45) is 6.79. The second-order valence-corrected chi connectivity index (χ2v) is 5.83. The van der Waals surface area contributed by atoms with Gasteiger partial charge in [0.2, 0.25) is 0 Å². The van der Waals surface area contributed by atoms with Gasteiger partial charge in [0.1, 0.15) is 0 Å². The first-order chi connectivity index (χ1) is 7.61. The molecule has 3 nitrogen and oxygen atoms in total. The molecule has 1 fully saturated rings. The van der Waals surface area contributed by atoms with Gasteiger partial charge >= 0.3 is 0 Å². The van der Waals surface area contributed by atoms with Crippen molar-refractivity contribution < 1.29 is 0 Å². The number of halogens is 1. The first-order valence-corrected chi connectivity index (χ1v) is 6.89. The van der Waals surface area contributed by atoms with Crippen LogP contribution in [0, 0.1) is 0 Å². The fourth-order valence-corrected chi connectivity index (χ4v) is 3.18. The zero-order valence-corrected chi connectivity index (χ0v) is 11.6. The summed E-state index contributed by atoms with van der Waals surface area (Å²) in [5.74, 6) is 0.466. The molecule has 2 N–H and O–H groups in total. The van der Waals surface area contributed by atoms with Crippen molar-refractivity contribution in [1.29, 1.82) is 0 Å². The van der Waals surface area contributed by atoms with Crippen molar-refractivity contribution in [3.05, 3.63) is 16.4 Å². The third-order valence-corrected chi connectivity index (χ3v) is 4.06. The van der Waals surface area contributed by atoms with Gasteiger partial charge in [-0.15, -0.1) is 0 Å². The average Bonchev–Trinajstić information content (AvgIpc) is 2.61. The maximum absolute atomic E-state index is 6.25.